The number of hydrogen-bond donors (Lipinski definition) is 2. The molecule has 19 heteroatoms. The van der Waals surface area contributed by atoms with Gasteiger partial charge in [-0.1, -0.05) is 0 Å². The molecule has 2 saturated heterocycles. The maximum atomic E-state index is 15.5. The van der Waals surface area contributed by atoms with E-state index in [2.05, 4.69) is 6.07 Å². The van der Waals surface area contributed by atoms with Gasteiger partial charge < -0.3 is 0 Å². The van der Waals surface area contributed by atoms with Crippen LogP contribution in [0.5, 0.6) is 11.5 Å². The van der Waals surface area contributed by atoms with Crippen molar-refractivity contribution < 1.29 is 42.4 Å². The van der Waals surface area contributed by atoms with Crippen LogP contribution in [0.15, 0.2) is 113 Å². The van der Waals surface area contributed by atoms with Crippen LogP contribution in [0.2, 0.25) is 0 Å². The predicted octanol–water partition coefficient (Wildman–Crippen LogP) is 2.29. The van der Waals surface area contributed by atoms with Gasteiger partial charge in [-0.15, -0.1) is 0 Å². The monoisotopic (exact) mass is 1040 g/mol. The number of aromatic hydroxyl groups is 2. The quantitative estimate of drug-likeness (QED) is 0.248. The molecule has 0 aliphatic carbocycles. The van der Waals surface area contributed by atoms with Crippen molar-refractivity contribution >= 4 is 50.7 Å². The van der Waals surface area contributed by atoms with Gasteiger partial charge in [-0.3, -0.25) is 0 Å². The van der Waals surface area contributed by atoms with Crippen molar-refractivity contribution in [3.63, 3.8) is 0 Å². The number of nitrogens with zero attached hydrogens (tertiary/aromatic N) is 6. The van der Waals surface area contributed by atoms with E-state index < -0.39 is 70.2 Å². The van der Waals surface area contributed by atoms with Crippen LogP contribution in [0.4, 0.5) is 13.2 Å². The molecule has 8 heterocycles. The summed E-state index contributed by atoms with van der Waals surface area (Å²) in [6.07, 6.45) is 1.77. The van der Waals surface area contributed by atoms with E-state index in [9.17, 15) is 33.8 Å². The van der Waals surface area contributed by atoms with E-state index in [0.717, 1.165) is 50.2 Å². The second kappa shape index (κ2) is 17.1. The number of carbonyl (C=O) groups is 2. The van der Waals surface area contributed by atoms with Crippen LogP contribution in [-0.4, -0.2) is 123 Å². The van der Waals surface area contributed by atoms with Gasteiger partial charge in [0.1, 0.15) is 0 Å². The number of benzene rings is 4. The van der Waals surface area contributed by atoms with Gasteiger partial charge in [-0.05, 0) is 0 Å². The molecule has 0 bridgehead atoms. The minimum atomic E-state index is -0.825. The van der Waals surface area contributed by atoms with Gasteiger partial charge in [0.25, 0.3) is 0 Å². The van der Waals surface area contributed by atoms with E-state index in [4.69, 9.17) is 9.47 Å². The summed E-state index contributed by atoms with van der Waals surface area (Å²) in [6, 6.07) is 23.9. The summed E-state index contributed by atoms with van der Waals surface area (Å²) in [7, 11) is 0. The molecule has 4 atom stereocenters. The van der Waals surface area contributed by atoms with Crippen molar-refractivity contribution in [1.29, 1.82) is 0 Å². The number of carbonyl (C=O) groups excluding carboxylic acids is 2. The Labute approximate surface area is 392 Å². The summed E-state index contributed by atoms with van der Waals surface area (Å²) in [4.78, 5) is 54.3. The Morgan fingerprint density at radius 1 is 0.582 bits per heavy atom. The van der Waals surface area contributed by atoms with Crippen molar-refractivity contribution in [3.05, 3.63) is 186 Å². The molecule has 6 aliphatic rings. The van der Waals surface area contributed by atoms with Crippen molar-refractivity contribution in [2.45, 2.75) is 35.1 Å². The minimum absolute atomic E-state index is 0.0779. The fraction of sp³-hybridized carbons (Fsp3) is 0.250. The van der Waals surface area contributed by atoms with E-state index in [0.29, 0.717) is 24.0 Å². The second-order valence-corrected chi connectivity index (χ2v) is 20.8. The van der Waals surface area contributed by atoms with Crippen LogP contribution < -0.4 is 29.8 Å². The van der Waals surface area contributed by atoms with Crippen molar-refractivity contribution in [1.82, 2.24) is 19.2 Å². The molecule has 2 aromatic heterocycles. The molecular formula is C48H39F3N6O8Se2. The number of rotatable bonds is 2. The normalized spacial score (nSPS) is 21.4. The number of hydrogen-bond acceptors (Lipinski definition) is 10. The molecular weight excluding hydrogens is 1000 g/mol. The second-order valence-electron chi connectivity index (χ2n) is 16.5. The van der Waals surface area contributed by atoms with Gasteiger partial charge in [0.15, 0.2) is 0 Å². The van der Waals surface area contributed by atoms with E-state index in [-0.39, 0.29) is 79.0 Å². The SMILES string of the molecule is O=C1c2c(O)c(=O)ccn2N([C@@H]2c3ccccc3[Se]Cc3c(F)ccc(F)c32)[C@@H]2COCCN12.O=C1c2c(O)c(=O)ccn2N([C@H]2c3cc(F)ccc3C[Se]c3ccccc32)[C@@H]2COCCN12. The average Bonchev–Trinajstić information content (AvgIpc) is 3.62. The van der Waals surface area contributed by atoms with Crippen LogP contribution in [0, 0.1) is 17.5 Å². The van der Waals surface area contributed by atoms with Crippen molar-refractivity contribution in [3.8, 4) is 11.5 Å². The van der Waals surface area contributed by atoms with Gasteiger partial charge in [0, 0.05) is 0 Å². The van der Waals surface area contributed by atoms with Crippen LogP contribution in [0.3, 0.4) is 0 Å². The number of amides is 2. The Bertz CT molecular complexity index is 3150. The Hall–Kier alpha value is -6.33. The molecule has 6 aliphatic heterocycles. The number of halogens is 3. The van der Waals surface area contributed by atoms with Gasteiger partial charge in [-0.25, -0.2) is 0 Å². The van der Waals surface area contributed by atoms with Crippen molar-refractivity contribution in [2.75, 3.05) is 49.5 Å². The number of ether oxygens (including phenoxy) is 2. The van der Waals surface area contributed by atoms with Crippen molar-refractivity contribution in [2.24, 2.45) is 0 Å². The first-order valence-electron chi connectivity index (χ1n) is 21.4. The third-order valence-corrected chi connectivity index (χ3v) is 17.7. The number of morpholine rings is 2. The first-order valence-corrected chi connectivity index (χ1v) is 25.6. The zero-order chi connectivity index (χ0) is 46.2. The summed E-state index contributed by atoms with van der Waals surface area (Å²) >= 11 is -0.0155. The van der Waals surface area contributed by atoms with E-state index in [1.54, 1.807) is 20.7 Å². The molecule has 67 heavy (non-hydrogen) atoms. The molecule has 0 saturated carbocycles. The molecule has 0 radical (unpaired) electrons. The zero-order valence-electron chi connectivity index (χ0n) is 35.3. The van der Waals surface area contributed by atoms with Gasteiger partial charge in [-0.2, -0.15) is 0 Å². The van der Waals surface area contributed by atoms with Gasteiger partial charge in [0.2, 0.25) is 0 Å². The number of pyridine rings is 2. The first-order chi connectivity index (χ1) is 32.5. The number of aromatic nitrogens is 2. The third-order valence-electron chi connectivity index (χ3n) is 13.0. The van der Waals surface area contributed by atoms with E-state index >= 15 is 8.78 Å². The molecule has 14 nitrogen and oxygen atoms in total. The zero-order valence-corrected chi connectivity index (χ0v) is 38.7. The fourth-order valence-electron chi connectivity index (χ4n) is 9.93. The summed E-state index contributed by atoms with van der Waals surface area (Å²) in [5.74, 6) is -3.55. The standard InChI is InChI=1S/C24H19F2N3O4Se.C24H20FN3O4Se/c25-15-5-6-16(26)20-14(15)12-34-18-4-2-1-3-13(18)21(20)29-19-11-33-10-9-27(19)24(32)22-23(31)17(30)7-8-28(22)29;25-15-6-5-14-13-33-19-4-2-1-3-16(19)21(17(14)11-15)28-20-12-32-10-9-26(20)24(31)22-23(30)18(29)7-8-27(22)28/h1-8,19,21,31H,9-12H2;1-8,11,20-21,30H,9-10,12-13H2/t19-,21-;20-,21-/m11/s1. The first kappa shape index (κ1) is 43.3. The molecule has 6 aromatic rings. The maximum absolute atomic E-state index is 15.5. The Balaban J connectivity index is 0.000000148. The Morgan fingerprint density at radius 2 is 1.10 bits per heavy atom. The van der Waals surface area contributed by atoms with Crippen LogP contribution in [0.25, 0.3) is 0 Å². The molecule has 342 valence electrons. The third kappa shape index (κ3) is 7.06. The summed E-state index contributed by atoms with van der Waals surface area (Å²) < 4.78 is 61.8. The summed E-state index contributed by atoms with van der Waals surface area (Å²) in [5, 5.41) is 26.1. The topological polar surface area (TPSA) is 150 Å². The Kier molecular flexibility index (Phi) is 11.0. The number of fused-ring (bicyclic) bond motifs is 8. The molecule has 2 amide bonds. The molecule has 2 fully saturated rings. The predicted molar refractivity (Wildman–Crippen MR) is 240 cm³/mol. The molecule has 4 aromatic carbocycles. The van der Waals surface area contributed by atoms with Gasteiger partial charge in [0.05, 0.1) is 0 Å². The van der Waals surface area contributed by atoms with E-state index in [1.807, 2.05) is 53.5 Å². The van der Waals surface area contributed by atoms with Crippen LogP contribution in [-0.2, 0) is 20.1 Å². The van der Waals surface area contributed by atoms with Crippen LogP contribution >= 0.6 is 0 Å². The fourth-order valence-corrected chi connectivity index (χ4v) is 14.6. The van der Waals surface area contributed by atoms with Gasteiger partial charge >= 0.3 is 394 Å². The molecule has 0 unspecified atom stereocenters. The Morgan fingerprint density at radius 3 is 1.70 bits per heavy atom. The van der Waals surface area contributed by atoms with E-state index in [1.165, 1.54) is 38.6 Å². The molecule has 2 N–H and O–H groups in total. The summed E-state index contributed by atoms with van der Waals surface area (Å²) in [5.41, 5.74) is 2.58. The molecule has 0 spiro atoms. The van der Waals surface area contributed by atoms with Crippen LogP contribution in [0.1, 0.15) is 66.4 Å². The summed E-state index contributed by atoms with van der Waals surface area (Å²) in [6.45, 7) is 1.61. The molecule has 12 rings (SSSR count). The average molecular weight is 1040 g/mol.